The van der Waals surface area contributed by atoms with Gasteiger partial charge in [-0.25, -0.2) is 4.98 Å². The van der Waals surface area contributed by atoms with Crippen LogP contribution >= 0.6 is 0 Å². The molecule has 0 radical (unpaired) electrons. The lowest BCUT2D eigenvalue weighted by molar-refractivity contribution is 0.0951. The number of aryl methyl sites for hydroxylation is 1. The van der Waals surface area contributed by atoms with Crippen LogP contribution in [0.2, 0.25) is 0 Å². The molecule has 28 heavy (non-hydrogen) atoms. The predicted molar refractivity (Wildman–Crippen MR) is 112 cm³/mol. The van der Waals surface area contributed by atoms with E-state index in [9.17, 15) is 4.79 Å². The Morgan fingerprint density at radius 3 is 2.32 bits per heavy atom. The van der Waals surface area contributed by atoms with E-state index in [1.54, 1.807) is 6.20 Å². The van der Waals surface area contributed by atoms with E-state index in [-0.39, 0.29) is 5.91 Å². The Hall–Kier alpha value is -3.08. The highest BCUT2D eigenvalue weighted by Crippen LogP contribution is 2.20. The number of amides is 1. The molecule has 5 nitrogen and oxygen atoms in total. The third kappa shape index (κ3) is 4.25. The zero-order valence-electron chi connectivity index (χ0n) is 16.3. The highest BCUT2D eigenvalue weighted by atomic mass is 16.1. The first-order chi connectivity index (χ1) is 13.7. The summed E-state index contributed by atoms with van der Waals surface area (Å²) < 4.78 is 2.08. The minimum Gasteiger partial charge on any atom is -0.372 e. The van der Waals surface area contributed by atoms with Gasteiger partial charge in [0, 0.05) is 49.8 Å². The minimum absolute atomic E-state index is 0.0472. The van der Waals surface area contributed by atoms with E-state index < -0.39 is 0 Å². The van der Waals surface area contributed by atoms with E-state index in [1.807, 2.05) is 37.4 Å². The molecule has 0 atom stereocenters. The first-order valence-corrected chi connectivity index (χ1v) is 9.88. The Morgan fingerprint density at radius 2 is 1.68 bits per heavy atom. The molecule has 5 heteroatoms. The topological polar surface area (TPSA) is 50.2 Å². The first kappa shape index (κ1) is 18.3. The molecule has 1 saturated heterocycles. The summed E-state index contributed by atoms with van der Waals surface area (Å²) in [6.07, 6.45) is 6.32. The van der Waals surface area contributed by atoms with Gasteiger partial charge in [-0.3, -0.25) is 4.79 Å². The molecule has 2 heterocycles. The zero-order chi connectivity index (χ0) is 19.3. The predicted octanol–water partition coefficient (Wildman–Crippen LogP) is 3.77. The van der Waals surface area contributed by atoms with Gasteiger partial charge in [-0.05, 0) is 55.2 Å². The van der Waals surface area contributed by atoms with Crippen molar-refractivity contribution in [3.8, 4) is 0 Å². The van der Waals surface area contributed by atoms with Crippen molar-refractivity contribution in [2.24, 2.45) is 0 Å². The summed E-state index contributed by atoms with van der Waals surface area (Å²) >= 11 is 0. The average Bonchev–Trinajstić information content (AvgIpc) is 3.40. The van der Waals surface area contributed by atoms with E-state index in [0.717, 1.165) is 36.6 Å². The van der Waals surface area contributed by atoms with E-state index in [2.05, 4.69) is 44.0 Å². The Bertz CT molecular complexity index is 922. The van der Waals surface area contributed by atoms with Crippen molar-refractivity contribution in [2.75, 3.05) is 18.0 Å². The number of carbonyl (C=O) groups is 1. The second kappa shape index (κ2) is 8.30. The molecule has 1 aliphatic heterocycles. The van der Waals surface area contributed by atoms with Crippen LogP contribution in [0.4, 0.5) is 5.69 Å². The molecule has 0 saturated carbocycles. The van der Waals surface area contributed by atoms with Gasteiger partial charge in [0.1, 0.15) is 5.82 Å². The number of hydrogen-bond donors (Lipinski definition) is 1. The molecule has 1 aromatic heterocycles. The number of benzene rings is 2. The van der Waals surface area contributed by atoms with Crippen LogP contribution in [0, 0.1) is 6.92 Å². The molecule has 1 N–H and O–H groups in total. The molecule has 0 unspecified atom stereocenters. The van der Waals surface area contributed by atoms with Crippen LogP contribution in [0.25, 0.3) is 0 Å². The molecular weight excluding hydrogens is 348 g/mol. The highest BCUT2D eigenvalue weighted by molar-refractivity contribution is 5.94. The number of aromatic nitrogens is 2. The fourth-order valence-electron chi connectivity index (χ4n) is 3.61. The third-order valence-corrected chi connectivity index (χ3v) is 5.35. The maximum atomic E-state index is 12.4. The van der Waals surface area contributed by atoms with E-state index in [0.29, 0.717) is 12.1 Å². The average molecular weight is 374 g/mol. The van der Waals surface area contributed by atoms with Crippen LogP contribution in [-0.2, 0) is 13.1 Å². The maximum absolute atomic E-state index is 12.4. The van der Waals surface area contributed by atoms with Crippen molar-refractivity contribution in [1.29, 1.82) is 0 Å². The Kier molecular flexibility index (Phi) is 5.42. The monoisotopic (exact) mass is 374 g/mol. The van der Waals surface area contributed by atoms with Gasteiger partial charge in [0.05, 0.1) is 0 Å². The van der Waals surface area contributed by atoms with Gasteiger partial charge >= 0.3 is 0 Å². The summed E-state index contributed by atoms with van der Waals surface area (Å²) in [5, 5.41) is 3.01. The number of anilines is 1. The first-order valence-electron chi connectivity index (χ1n) is 9.88. The Morgan fingerprint density at radius 1 is 1.00 bits per heavy atom. The van der Waals surface area contributed by atoms with Crippen LogP contribution in [0.15, 0.2) is 60.9 Å². The van der Waals surface area contributed by atoms with Crippen LogP contribution in [0.1, 0.15) is 40.2 Å². The molecule has 4 rings (SSSR count). The lowest BCUT2D eigenvalue weighted by Crippen LogP contribution is -2.23. The number of rotatable bonds is 6. The van der Waals surface area contributed by atoms with Gasteiger partial charge in [0.25, 0.3) is 5.91 Å². The van der Waals surface area contributed by atoms with E-state index in [4.69, 9.17) is 0 Å². The van der Waals surface area contributed by atoms with Gasteiger partial charge in [0.2, 0.25) is 0 Å². The minimum atomic E-state index is -0.0472. The summed E-state index contributed by atoms with van der Waals surface area (Å²) in [6, 6.07) is 16.3. The SMILES string of the molecule is Cc1nccn1Cc1ccc(C(=O)NCc2ccc(N3CCCC3)cc2)cc1. The third-order valence-electron chi connectivity index (χ3n) is 5.35. The fourth-order valence-corrected chi connectivity index (χ4v) is 3.61. The zero-order valence-corrected chi connectivity index (χ0v) is 16.3. The number of hydrogen-bond acceptors (Lipinski definition) is 3. The molecule has 144 valence electrons. The lowest BCUT2D eigenvalue weighted by Gasteiger charge is -2.17. The quantitative estimate of drug-likeness (QED) is 0.715. The van der Waals surface area contributed by atoms with Crippen molar-refractivity contribution in [2.45, 2.75) is 32.9 Å². The molecule has 0 spiro atoms. The van der Waals surface area contributed by atoms with Crippen molar-refractivity contribution in [3.05, 3.63) is 83.4 Å². The van der Waals surface area contributed by atoms with Crippen LogP contribution < -0.4 is 10.2 Å². The second-order valence-corrected chi connectivity index (χ2v) is 7.34. The molecule has 0 aliphatic carbocycles. The number of carbonyl (C=O) groups excluding carboxylic acids is 1. The molecule has 0 bridgehead atoms. The van der Waals surface area contributed by atoms with E-state index >= 15 is 0 Å². The van der Waals surface area contributed by atoms with Crippen LogP contribution in [0.5, 0.6) is 0 Å². The highest BCUT2D eigenvalue weighted by Gasteiger charge is 2.12. The molecule has 1 fully saturated rings. The van der Waals surface area contributed by atoms with Gasteiger partial charge in [-0.15, -0.1) is 0 Å². The Labute approximate surface area is 166 Å². The normalized spacial score (nSPS) is 13.7. The summed E-state index contributed by atoms with van der Waals surface area (Å²) in [5.74, 6) is 0.937. The summed E-state index contributed by atoms with van der Waals surface area (Å²) in [5.41, 5.74) is 4.22. The molecule has 3 aromatic rings. The molecule has 1 amide bonds. The standard InChI is InChI=1S/C23H26N4O/c1-18-24-12-15-27(18)17-20-4-8-21(9-5-20)23(28)25-16-19-6-10-22(11-7-19)26-13-2-3-14-26/h4-12,15H,2-3,13-14,16-17H2,1H3,(H,25,28). The molecule has 1 aliphatic rings. The van der Waals surface area contributed by atoms with Crippen molar-refractivity contribution < 1.29 is 4.79 Å². The summed E-state index contributed by atoms with van der Waals surface area (Å²) in [4.78, 5) is 19.1. The van der Waals surface area contributed by atoms with Crippen LogP contribution in [0.3, 0.4) is 0 Å². The smallest absolute Gasteiger partial charge is 0.251 e. The van der Waals surface area contributed by atoms with Gasteiger partial charge in [0.15, 0.2) is 0 Å². The number of imidazole rings is 1. The van der Waals surface area contributed by atoms with Crippen molar-refractivity contribution in [1.82, 2.24) is 14.9 Å². The van der Waals surface area contributed by atoms with E-state index in [1.165, 1.54) is 18.5 Å². The molecule has 2 aromatic carbocycles. The lowest BCUT2D eigenvalue weighted by atomic mass is 10.1. The van der Waals surface area contributed by atoms with Crippen molar-refractivity contribution >= 4 is 11.6 Å². The fraction of sp³-hybridized carbons (Fsp3) is 0.304. The van der Waals surface area contributed by atoms with Gasteiger partial charge < -0.3 is 14.8 Å². The second-order valence-electron chi connectivity index (χ2n) is 7.34. The van der Waals surface area contributed by atoms with Crippen LogP contribution in [-0.4, -0.2) is 28.5 Å². The molecular formula is C23H26N4O. The Balaban J connectivity index is 1.31. The number of nitrogens with one attached hydrogen (secondary N) is 1. The largest absolute Gasteiger partial charge is 0.372 e. The summed E-state index contributed by atoms with van der Waals surface area (Å²) in [7, 11) is 0. The summed E-state index contributed by atoms with van der Waals surface area (Å²) in [6.45, 7) is 5.57. The van der Waals surface area contributed by atoms with Gasteiger partial charge in [-0.2, -0.15) is 0 Å². The maximum Gasteiger partial charge on any atom is 0.251 e. The van der Waals surface area contributed by atoms with Crippen molar-refractivity contribution in [3.63, 3.8) is 0 Å². The number of nitrogens with zero attached hydrogens (tertiary/aromatic N) is 3. The van der Waals surface area contributed by atoms with Gasteiger partial charge in [-0.1, -0.05) is 24.3 Å².